The summed E-state index contributed by atoms with van der Waals surface area (Å²) in [7, 11) is 0. The van der Waals surface area contributed by atoms with Crippen LogP contribution in [0.5, 0.6) is 0 Å². The summed E-state index contributed by atoms with van der Waals surface area (Å²) in [5, 5.41) is 7.94. The number of benzene rings is 2. The van der Waals surface area contributed by atoms with Gasteiger partial charge in [0.25, 0.3) is 0 Å². The number of rotatable bonds is 10. The fourth-order valence-electron chi connectivity index (χ4n) is 5.30. The van der Waals surface area contributed by atoms with E-state index < -0.39 is 18.1 Å². The average Bonchev–Trinajstić information content (AvgIpc) is 3.38. The van der Waals surface area contributed by atoms with Crippen LogP contribution in [0.4, 0.5) is 13.2 Å². The number of nitrogens with one attached hydrogen (secondary N) is 1. The van der Waals surface area contributed by atoms with Crippen molar-refractivity contribution < 1.29 is 27.5 Å². The van der Waals surface area contributed by atoms with Gasteiger partial charge in [0.1, 0.15) is 0 Å². The fraction of sp³-hybridized carbons (Fsp3) is 0.333. The maximum Gasteiger partial charge on any atom is 0.491 e. The first-order valence-corrected chi connectivity index (χ1v) is 14.4. The lowest BCUT2D eigenvalue weighted by Gasteiger charge is -2.15. The largest absolute Gasteiger partial charge is 0.491 e. The van der Waals surface area contributed by atoms with Crippen molar-refractivity contribution in [3.05, 3.63) is 94.9 Å². The molecule has 0 unspecified atom stereocenters. The van der Waals surface area contributed by atoms with Gasteiger partial charge in [-0.3, -0.25) is 9.67 Å². The number of pyridine rings is 1. The average molecular weight is 591 g/mol. The van der Waals surface area contributed by atoms with Gasteiger partial charge in [0.15, 0.2) is 5.69 Å². The Labute approximate surface area is 248 Å². The van der Waals surface area contributed by atoms with E-state index in [4.69, 9.17) is 0 Å². The van der Waals surface area contributed by atoms with Crippen molar-refractivity contribution in [1.29, 1.82) is 0 Å². The second kappa shape index (κ2) is 12.9. The van der Waals surface area contributed by atoms with Crippen LogP contribution in [-0.4, -0.2) is 46.0 Å². The highest BCUT2D eigenvalue weighted by atomic mass is 19.4. The molecule has 7 nitrogen and oxygen atoms in total. The number of aryl methyl sites for hydroxylation is 2. The first-order chi connectivity index (χ1) is 20.6. The highest BCUT2D eigenvalue weighted by Gasteiger charge is 2.43. The Balaban J connectivity index is 1.19. The van der Waals surface area contributed by atoms with Crippen molar-refractivity contribution in [1.82, 2.24) is 20.1 Å². The third kappa shape index (κ3) is 7.02. The maximum atomic E-state index is 12.8. The number of hydrogen-bond donors (Lipinski definition) is 1. The molecule has 0 atom stereocenters. The third-order valence-electron chi connectivity index (χ3n) is 7.62. The van der Waals surface area contributed by atoms with E-state index >= 15 is 0 Å². The standard InChI is InChI=1S/C33H33F3N4O3/c1-21(2)24-5-3-6-25(19-24)23-9-7-22(8-10-23)13-16-37-15-4-18-40-30(31(41)43-32(42)33(34,35)36)28-12-11-26-20-38-17-14-27(26)29(28)39-40/h3,5-10,14,17,19-21,37H,4,11-13,15-16,18H2,1-2H3. The molecule has 2 aromatic heterocycles. The molecule has 1 aliphatic carbocycles. The number of carbonyl (C=O) groups is 2. The minimum absolute atomic E-state index is 0.117. The minimum atomic E-state index is -5.28. The van der Waals surface area contributed by atoms with E-state index in [1.807, 2.05) is 0 Å². The molecule has 0 fully saturated rings. The summed E-state index contributed by atoms with van der Waals surface area (Å²) in [5.41, 5.74) is 7.44. The minimum Gasteiger partial charge on any atom is -0.381 e. The molecule has 0 spiro atoms. The van der Waals surface area contributed by atoms with Crippen LogP contribution in [0.3, 0.4) is 0 Å². The summed E-state index contributed by atoms with van der Waals surface area (Å²) in [4.78, 5) is 28.3. The molecule has 4 aromatic rings. The topological polar surface area (TPSA) is 86.1 Å². The Kier molecular flexibility index (Phi) is 9.05. The molecule has 43 heavy (non-hydrogen) atoms. The number of fused-ring (bicyclic) bond motifs is 3. The first-order valence-electron chi connectivity index (χ1n) is 14.4. The van der Waals surface area contributed by atoms with Gasteiger partial charge in [0.05, 0.1) is 5.69 Å². The number of carbonyl (C=O) groups excluding carboxylic acids is 2. The molecule has 10 heteroatoms. The van der Waals surface area contributed by atoms with Gasteiger partial charge < -0.3 is 10.1 Å². The van der Waals surface area contributed by atoms with Gasteiger partial charge in [0.2, 0.25) is 0 Å². The molecular weight excluding hydrogens is 557 g/mol. The SMILES string of the molecule is CC(C)c1cccc(-c2ccc(CCNCCCn3nc4c(c3C(=O)OC(=O)C(F)(F)F)CCc3cnccc3-4)cc2)c1. The van der Waals surface area contributed by atoms with E-state index in [1.54, 1.807) is 18.5 Å². The van der Waals surface area contributed by atoms with E-state index in [1.165, 1.54) is 26.9 Å². The Morgan fingerprint density at radius 1 is 1.02 bits per heavy atom. The zero-order valence-electron chi connectivity index (χ0n) is 24.1. The first kappa shape index (κ1) is 30.2. The Morgan fingerprint density at radius 3 is 2.56 bits per heavy atom. The van der Waals surface area contributed by atoms with Crippen LogP contribution < -0.4 is 5.32 Å². The summed E-state index contributed by atoms with van der Waals surface area (Å²) in [6.07, 6.45) is 0.333. The Morgan fingerprint density at radius 2 is 1.81 bits per heavy atom. The maximum absolute atomic E-state index is 12.8. The van der Waals surface area contributed by atoms with Crippen LogP contribution in [0.15, 0.2) is 67.0 Å². The molecule has 2 heterocycles. The van der Waals surface area contributed by atoms with Gasteiger partial charge in [-0.1, -0.05) is 62.4 Å². The molecule has 0 saturated carbocycles. The summed E-state index contributed by atoms with van der Waals surface area (Å²) < 4.78 is 44.0. The molecule has 0 aliphatic heterocycles. The van der Waals surface area contributed by atoms with E-state index in [0.717, 1.165) is 24.1 Å². The summed E-state index contributed by atoms with van der Waals surface area (Å²) in [5.74, 6) is -3.42. The molecule has 0 radical (unpaired) electrons. The van der Waals surface area contributed by atoms with Crippen molar-refractivity contribution in [3.63, 3.8) is 0 Å². The van der Waals surface area contributed by atoms with Gasteiger partial charge in [-0.15, -0.1) is 0 Å². The monoisotopic (exact) mass is 590 g/mol. The molecule has 224 valence electrons. The van der Waals surface area contributed by atoms with Crippen LogP contribution in [0.25, 0.3) is 22.4 Å². The van der Waals surface area contributed by atoms with Crippen LogP contribution in [0, 0.1) is 0 Å². The molecule has 0 bridgehead atoms. The molecule has 0 saturated heterocycles. The van der Waals surface area contributed by atoms with Crippen molar-refractivity contribution in [3.8, 4) is 22.4 Å². The molecule has 1 aliphatic rings. The highest BCUT2D eigenvalue weighted by molar-refractivity contribution is 5.99. The zero-order chi connectivity index (χ0) is 30.6. The number of ether oxygens (including phenoxy) is 1. The number of nitrogens with zero attached hydrogens (tertiary/aromatic N) is 3. The van der Waals surface area contributed by atoms with Crippen LogP contribution in [0.2, 0.25) is 0 Å². The number of esters is 2. The van der Waals surface area contributed by atoms with Crippen LogP contribution in [-0.2, 0) is 35.3 Å². The molecule has 2 aromatic carbocycles. The van der Waals surface area contributed by atoms with Gasteiger partial charge >= 0.3 is 18.1 Å². The number of aromatic nitrogens is 3. The number of halogens is 3. The molecular formula is C33H33F3N4O3. The van der Waals surface area contributed by atoms with Crippen molar-refractivity contribution in [2.24, 2.45) is 0 Å². The zero-order valence-corrected chi connectivity index (χ0v) is 24.1. The molecule has 5 rings (SSSR count). The second-order valence-electron chi connectivity index (χ2n) is 10.9. The Bertz CT molecular complexity index is 1610. The molecule has 0 amide bonds. The van der Waals surface area contributed by atoms with Crippen molar-refractivity contribution in [2.75, 3.05) is 13.1 Å². The smallest absolute Gasteiger partial charge is 0.381 e. The number of alkyl halides is 3. The third-order valence-corrected chi connectivity index (χ3v) is 7.62. The van der Waals surface area contributed by atoms with Crippen molar-refractivity contribution >= 4 is 11.9 Å². The van der Waals surface area contributed by atoms with Crippen molar-refractivity contribution in [2.45, 2.75) is 58.2 Å². The summed E-state index contributed by atoms with van der Waals surface area (Å²) in [6, 6.07) is 18.9. The van der Waals surface area contributed by atoms with Crippen LogP contribution in [0.1, 0.15) is 58.9 Å². The lowest BCUT2D eigenvalue weighted by Crippen LogP contribution is -2.29. The highest BCUT2D eigenvalue weighted by Crippen LogP contribution is 2.35. The molecule has 1 N–H and O–H groups in total. The van der Waals surface area contributed by atoms with E-state index in [9.17, 15) is 22.8 Å². The van der Waals surface area contributed by atoms with Gasteiger partial charge in [-0.2, -0.15) is 18.3 Å². The Hall–Kier alpha value is -4.31. The summed E-state index contributed by atoms with van der Waals surface area (Å²) >= 11 is 0. The van der Waals surface area contributed by atoms with Gasteiger partial charge in [0, 0.05) is 30.1 Å². The van der Waals surface area contributed by atoms with Gasteiger partial charge in [-0.05, 0) is 78.6 Å². The van der Waals surface area contributed by atoms with Crippen LogP contribution >= 0.6 is 0 Å². The van der Waals surface area contributed by atoms with E-state index in [2.05, 4.69) is 82.5 Å². The second-order valence-corrected chi connectivity index (χ2v) is 10.9. The van der Waals surface area contributed by atoms with Gasteiger partial charge in [-0.25, -0.2) is 9.59 Å². The van der Waals surface area contributed by atoms with E-state index in [-0.39, 0.29) is 12.2 Å². The van der Waals surface area contributed by atoms with E-state index in [0.29, 0.717) is 43.0 Å². The fourth-order valence-corrected chi connectivity index (χ4v) is 5.30. The number of hydrogen-bond acceptors (Lipinski definition) is 6. The summed E-state index contributed by atoms with van der Waals surface area (Å²) in [6.45, 7) is 5.95. The lowest BCUT2D eigenvalue weighted by molar-refractivity contribution is -0.193. The predicted molar refractivity (Wildman–Crippen MR) is 157 cm³/mol. The predicted octanol–water partition coefficient (Wildman–Crippen LogP) is 6.30. The lowest BCUT2D eigenvalue weighted by atomic mass is 9.90. The normalized spacial score (nSPS) is 12.6. The quantitative estimate of drug-likeness (QED) is 0.133.